The van der Waals surface area contributed by atoms with Crippen LogP contribution in [0.1, 0.15) is 12.1 Å². The average Bonchev–Trinajstić information content (AvgIpc) is 2.87. The molecule has 0 saturated heterocycles. The van der Waals surface area contributed by atoms with E-state index in [1.165, 1.54) is 4.57 Å². The van der Waals surface area contributed by atoms with Gasteiger partial charge in [-0.25, -0.2) is 23.5 Å². The van der Waals surface area contributed by atoms with Crippen molar-refractivity contribution >= 4 is 31.9 Å². The van der Waals surface area contributed by atoms with Crippen LogP contribution in [0, 0.1) is 11.8 Å². The van der Waals surface area contributed by atoms with Crippen LogP contribution in [0.4, 0.5) is 0 Å². The Bertz CT molecular complexity index is 887. The van der Waals surface area contributed by atoms with E-state index in [4.69, 9.17) is 0 Å². The molecule has 1 saturated carbocycles. The molecule has 0 amide bonds. The lowest BCUT2D eigenvalue weighted by molar-refractivity contribution is 0.0346. The summed E-state index contributed by atoms with van der Waals surface area (Å²) in [6, 6.07) is 9.00. The van der Waals surface area contributed by atoms with Crippen molar-refractivity contribution in [1.82, 2.24) is 13.9 Å². The van der Waals surface area contributed by atoms with Gasteiger partial charge in [-0.1, -0.05) is 62.2 Å². The van der Waals surface area contributed by atoms with Gasteiger partial charge in [0.25, 0.3) is 0 Å². The number of rotatable bonds is 1. The molecule has 118 valence electrons. The highest BCUT2D eigenvalue weighted by atomic mass is 79.9. The smallest absolute Gasteiger partial charge is 0.245 e. The minimum atomic E-state index is -0.253. The maximum Gasteiger partial charge on any atom is 0.352 e. The zero-order chi connectivity index (χ0) is 15.9. The summed E-state index contributed by atoms with van der Waals surface area (Å²) in [4.78, 5) is 26.5. The minimum absolute atomic E-state index is 0.0617. The highest BCUT2D eigenvalue weighted by Crippen LogP contribution is 2.59. The van der Waals surface area contributed by atoms with E-state index in [1.54, 1.807) is 21.5 Å². The van der Waals surface area contributed by atoms with Crippen molar-refractivity contribution in [3.63, 3.8) is 0 Å². The van der Waals surface area contributed by atoms with E-state index in [9.17, 15) is 9.59 Å². The fourth-order valence-corrected chi connectivity index (χ4v) is 6.36. The molecule has 1 fully saturated rings. The minimum Gasteiger partial charge on any atom is -0.245 e. The quantitative estimate of drug-likeness (QED) is 0.506. The Labute approximate surface area is 148 Å². The number of para-hydroxylation sites is 1. The molecule has 7 heteroatoms. The molecule has 0 unspecified atom stereocenters. The fraction of sp³-hybridized carbons (Fsp3) is 0.375. The zero-order valence-corrected chi connectivity index (χ0v) is 15.1. The van der Waals surface area contributed by atoms with Crippen LogP contribution in [0.2, 0.25) is 0 Å². The second-order valence-electron chi connectivity index (χ2n) is 6.33. The molecule has 2 aliphatic heterocycles. The van der Waals surface area contributed by atoms with E-state index < -0.39 is 0 Å². The molecule has 0 N–H and O–H groups in total. The second-order valence-corrected chi connectivity index (χ2v) is 8.45. The Morgan fingerprint density at radius 1 is 0.783 bits per heavy atom. The number of halogens is 2. The van der Waals surface area contributed by atoms with Gasteiger partial charge in [0.05, 0.1) is 17.8 Å². The summed E-state index contributed by atoms with van der Waals surface area (Å²) in [5.41, 5.74) is 0.114. The zero-order valence-electron chi connectivity index (χ0n) is 11.9. The number of alkyl halides is 2. The lowest BCUT2D eigenvalue weighted by atomic mass is 9.62. The summed E-state index contributed by atoms with van der Waals surface area (Å²) in [6.07, 6.45) is 4.16. The molecule has 1 aromatic heterocycles. The van der Waals surface area contributed by atoms with Crippen LogP contribution in [0.15, 0.2) is 52.1 Å². The van der Waals surface area contributed by atoms with Gasteiger partial charge in [-0.2, -0.15) is 0 Å². The van der Waals surface area contributed by atoms with Gasteiger partial charge in [0, 0.05) is 21.5 Å². The third-order valence-corrected chi connectivity index (χ3v) is 8.43. The Morgan fingerprint density at radius 2 is 1.26 bits per heavy atom. The summed E-state index contributed by atoms with van der Waals surface area (Å²) in [7, 11) is 0. The summed E-state index contributed by atoms with van der Waals surface area (Å²) in [6.45, 7) is 0. The molecule has 2 aromatic rings. The van der Waals surface area contributed by atoms with Gasteiger partial charge < -0.3 is 0 Å². The van der Waals surface area contributed by atoms with Gasteiger partial charge in [0.15, 0.2) is 0 Å². The molecule has 2 aliphatic carbocycles. The highest BCUT2D eigenvalue weighted by Gasteiger charge is 2.60. The molecule has 5 nitrogen and oxygen atoms in total. The monoisotopic (exact) mass is 437 g/mol. The highest BCUT2D eigenvalue weighted by molar-refractivity contribution is 9.12. The standard InChI is InChI=1S/C16H13Br2N3O2/c17-13-11-9-6-7-10(12(11)14(13)18)21-16(23)19(15(22)20(9)21)8-4-2-1-3-5-8/h1-7,9-14H/t9-,10+,11-,12-,13+,14-/m1/s1. The molecule has 1 aromatic carbocycles. The molecule has 0 spiro atoms. The van der Waals surface area contributed by atoms with Gasteiger partial charge in [0.1, 0.15) is 0 Å². The fourth-order valence-electron chi connectivity index (χ4n) is 4.32. The number of nitrogens with zero attached hydrogens (tertiary/aromatic N) is 3. The Kier molecular flexibility index (Phi) is 2.81. The maximum absolute atomic E-state index is 12.9. The van der Waals surface area contributed by atoms with Gasteiger partial charge in [-0.3, -0.25) is 0 Å². The first-order valence-corrected chi connectivity index (χ1v) is 9.42. The lowest BCUT2D eigenvalue weighted by Gasteiger charge is -2.57. The predicted octanol–water partition coefficient (Wildman–Crippen LogP) is 2.24. The number of allylic oxidation sites excluding steroid dienone is 2. The van der Waals surface area contributed by atoms with Crippen molar-refractivity contribution in [3.05, 3.63) is 63.5 Å². The Hall–Kier alpha value is -1.34. The van der Waals surface area contributed by atoms with Gasteiger partial charge >= 0.3 is 11.4 Å². The van der Waals surface area contributed by atoms with Crippen LogP contribution in [0.3, 0.4) is 0 Å². The van der Waals surface area contributed by atoms with Crippen LogP contribution in [-0.4, -0.2) is 23.6 Å². The van der Waals surface area contributed by atoms with Crippen molar-refractivity contribution in [2.75, 3.05) is 0 Å². The van der Waals surface area contributed by atoms with Crippen LogP contribution in [0.25, 0.3) is 5.69 Å². The molecule has 4 aliphatic rings. The van der Waals surface area contributed by atoms with Gasteiger partial charge in [0.2, 0.25) is 0 Å². The van der Waals surface area contributed by atoms with Crippen LogP contribution in [-0.2, 0) is 0 Å². The Balaban J connectivity index is 1.78. The summed E-state index contributed by atoms with van der Waals surface area (Å²) in [5, 5.41) is 0. The summed E-state index contributed by atoms with van der Waals surface area (Å²) < 4.78 is 4.58. The van der Waals surface area contributed by atoms with E-state index in [0.29, 0.717) is 27.2 Å². The first-order chi connectivity index (χ1) is 11.1. The molecular weight excluding hydrogens is 426 g/mol. The number of benzene rings is 1. The first-order valence-electron chi connectivity index (χ1n) is 7.59. The van der Waals surface area contributed by atoms with E-state index in [-0.39, 0.29) is 23.5 Å². The van der Waals surface area contributed by atoms with Crippen molar-refractivity contribution in [2.24, 2.45) is 11.8 Å². The number of hydrogen-bond acceptors (Lipinski definition) is 2. The van der Waals surface area contributed by atoms with Gasteiger partial charge in [-0.05, 0) is 12.1 Å². The average molecular weight is 439 g/mol. The van der Waals surface area contributed by atoms with E-state index in [2.05, 4.69) is 44.0 Å². The SMILES string of the molecule is O=c1n(-c2ccccc2)c(=O)n2n1[C@@H]1C=C[C@H]2[C@H]2[C@@H](Br)[C@@H](Br)[C@@H]21. The van der Waals surface area contributed by atoms with E-state index >= 15 is 0 Å². The van der Waals surface area contributed by atoms with Crippen molar-refractivity contribution in [1.29, 1.82) is 0 Å². The molecule has 0 radical (unpaired) electrons. The van der Waals surface area contributed by atoms with Gasteiger partial charge in [-0.15, -0.1) is 0 Å². The third kappa shape index (κ3) is 1.57. The second kappa shape index (κ2) is 4.60. The van der Waals surface area contributed by atoms with Crippen molar-refractivity contribution < 1.29 is 0 Å². The third-order valence-electron chi connectivity index (χ3n) is 5.36. The normalized spacial score (nSPS) is 36.4. The van der Waals surface area contributed by atoms with Crippen molar-refractivity contribution in [3.8, 4) is 5.69 Å². The topological polar surface area (TPSA) is 48.9 Å². The molecule has 3 heterocycles. The van der Waals surface area contributed by atoms with E-state index in [0.717, 1.165) is 0 Å². The molecule has 6 rings (SSSR count). The van der Waals surface area contributed by atoms with Crippen LogP contribution < -0.4 is 11.4 Å². The molecular formula is C16H13Br2N3O2. The lowest BCUT2D eigenvalue weighted by Crippen LogP contribution is -2.63. The van der Waals surface area contributed by atoms with Crippen LogP contribution in [0.5, 0.6) is 0 Å². The van der Waals surface area contributed by atoms with Crippen LogP contribution >= 0.6 is 31.9 Å². The Morgan fingerprint density at radius 3 is 1.74 bits per heavy atom. The van der Waals surface area contributed by atoms with E-state index in [1.807, 2.05) is 18.2 Å². The van der Waals surface area contributed by atoms with Crippen molar-refractivity contribution in [2.45, 2.75) is 21.7 Å². The maximum atomic E-state index is 12.9. The number of hydrogen-bond donors (Lipinski definition) is 0. The number of aromatic nitrogens is 3. The molecule has 6 atom stereocenters. The summed E-state index contributed by atoms with van der Waals surface area (Å²) >= 11 is 7.45. The molecule has 23 heavy (non-hydrogen) atoms. The largest absolute Gasteiger partial charge is 0.352 e. The molecule has 2 bridgehead atoms. The predicted molar refractivity (Wildman–Crippen MR) is 93.9 cm³/mol. The summed E-state index contributed by atoms with van der Waals surface area (Å²) in [5.74, 6) is 0.691. The first kappa shape index (κ1) is 14.0.